The molecule has 0 aliphatic carbocycles. The Morgan fingerprint density at radius 3 is 2.18 bits per heavy atom. The minimum Gasteiger partial charge on any atom is -0.258 e. The zero-order chi connectivity index (χ0) is 13.4. The lowest BCUT2D eigenvalue weighted by atomic mass is 10.1. The first-order chi connectivity index (χ1) is 7.64. The largest absolute Gasteiger partial charge is 0.416 e. The van der Waals surface area contributed by atoms with Crippen molar-refractivity contribution in [2.75, 3.05) is 0 Å². The molecule has 0 aliphatic heterocycles. The van der Waals surface area contributed by atoms with Crippen LogP contribution in [0, 0.1) is 10.1 Å². The first-order valence-electron chi connectivity index (χ1n) is 3.97. The number of nitrogens with zero attached hydrogens (tertiary/aromatic N) is 1. The molecule has 0 amide bonds. The molecule has 1 rings (SSSR count). The minimum atomic E-state index is -4.84. The van der Waals surface area contributed by atoms with Crippen LogP contribution in [0.2, 0.25) is 0 Å². The fourth-order valence-electron chi connectivity index (χ4n) is 1.13. The van der Waals surface area contributed by atoms with E-state index in [1.165, 1.54) is 0 Å². The molecule has 0 saturated heterocycles. The van der Waals surface area contributed by atoms with Gasteiger partial charge in [0.15, 0.2) is 0 Å². The van der Waals surface area contributed by atoms with Gasteiger partial charge in [0.25, 0.3) is 12.1 Å². The maximum absolute atomic E-state index is 12.5. The van der Waals surface area contributed by atoms with Crippen molar-refractivity contribution in [1.82, 2.24) is 0 Å². The maximum Gasteiger partial charge on any atom is 0.416 e. The van der Waals surface area contributed by atoms with Gasteiger partial charge in [-0.05, 0) is 6.07 Å². The third kappa shape index (κ3) is 2.90. The van der Waals surface area contributed by atoms with Crippen molar-refractivity contribution in [3.05, 3.63) is 37.8 Å². The first kappa shape index (κ1) is 13.8. The number of hydrogen-bond donors (Lipinski definition) is 0. The van der Waals surface area contributed by atoms with Gasteiger partial charge in [-0.1, -0.05) is 15.9 Å². The first-order valence-corrected chi connectivity index (χ1v) is 4.77. The molecule has 0 spiro atoms. The minimum absolute atomic E-state index is 0.0895. The van der Waals surface area contributed by atoms with E-state index in [4.69, 9.17) is 0 Å². The van der Waals surface area contributed by atoms with E-state index in [0.29, 0.717) is 6.07 Å². The summed E-state index contributed by atoms with van der Waals surface area (Å²) in [6.07, 6.45) is -8.08. The lowest BCUT2D eigenvalue weighted by molar-refractivity contribution is -0.386. The monoisotopic (exact) mass is 319 g/mol. The Kier molecular flexibility index (Phi) is 3.70. The molecule has 0 aliphatic rings. The summed E-state index contributed by atoms with van der Waals surface area (Å²) < 4.78 is 61.2. The zero-order valence-corrected chi connectivity index (χ0v) is 9.35. The summed E-state index contributed by atoms with van der Waals surface area (Å²) in [5, 5.41) is 10.4. The molecule has 0 N–H and O–H groups in total. The van der Waals surface area contributed by atoms with Crippen molar-refractivity contribution in [2.45, 2.75) is 12.6 Å². The Hall–Kier alpha value is -1.25. The van der Waals surface area contributed by atoms with Crippen LogP contribution in [0.3, 0.4) is 0 Å². The molecule has 0 bridgehead atoms. The van der Waals surface area contributed by atoms with E-state index in [1.807, 2.05) is 0 Å². The number of nitro groups is 1. The molecule has 0 saturated carbocycles. The predicted molar refractivity (Wildman–Crippen MR) is 50.8 cm³/mol. The average Bonchev–Trinajstić information content (AvgIpc) is 2.13. The highest BCUT2D eigenvalue weighted by molar-refractivity contribution is 9.10. The number of rotatable bonds is 2. The molecule has 0 radical (unpaired) electrons. The summed E-state index contributed by atoms with van der Waals surface area (Å²) in [7, 11) is 0. The average molecular weight is 320 g/mol. The second kappa shape index (κ2) is 4.55. The van der Waals surface area contributed by atoms with Crippen LogP contribution in [0.15, 0.2) is 16.6 Å². The molecule has 9 heteroatoms. The standard InChI is InChI=1S/C8H3BrF5NO2/c9-4-1-3(8(12,13)14)2-5(15(16)17)6(4)7(10)11/h1-2,7H. The Balaban J connectivity index is 3.53. The van der Waals surface area contributed by atoms with Gasteiger partial charge in [-0.25, -0.2) is 8.78 Å². The van der Waals surface area contributed by atoms with E-state index >= 15 is 0 Å². The fourth-order valence-corrected chi connectivity index (χ4v) is 1.76. The van der Waals surface area contributed by atoms with Crippen LogP contribution in [0.5, 0.6) is 0 Å². The highest BCUT2D eigenvalue weighted by Crippen LogP contribution is 2.40. The van der Waals surface area contributed by atoms with Gasteiger partial charge < -0.3 is 0 Å². The van der Waals surface area contributed by atoms with Gasteiger partial charge in [-0.2, -0.15) is 13.2 Å². The van der Waals surface area contributed by atoms with Crippen molar-refractivity contribution in [2.24, 2.45) is 0 Å². The van der Waals surface area contributed by atoms with Crippen molar-refractivity contribution in [1.29, 1.82) is 0 Å². The molecule has 1 aromatic carbocycles. The summed E-state index contributed by atoms with van der Waals surface area (Å²) in [5.74, 6) is 0. The van der Waals surface area contributed by atoms with Gasteiger partial charge in [0.2, 0.25) is 0 Å². The Bertz CT molecular complexity index is 460. The molecule has 0 atom stereocenters. The number of hydrogen-bond acceptors (Lipinski definition) is 2. The van der Waals surface area contributed by atoms with Crippen LogP contribution < -0.4 is 0 Å². The smallest absolute Gasteiger partial charge is 0.258 e. The SMILES string of the molecule is O=[N+]([O-])c1cc(C(F)(F)F)cc(Br)c1C(F)F. The highest BCUT2D eigenvalue weighted by atomic mass is 79.9. The van der Waals surface area contributed by atoms with E-state index in [-0.39, 0.29) is 6.07 Å². The normalized spacial score (nSPS) is 11.9. The van der Waals surface area contributed by atoms with E-state index in [1.54, 1.807) is 0 Å². The number of nitro benzene ring substituents is 1. The number of benzene rings is 1. The van der Waals surface area contributed by atoms with Crippen LogP contribution >= 0.6 is 15.9 Å². The number of alkyl halides is 5. The van der Waals surface area contributed by atoms with Gasteiger partial charge in [0, 0.05) is 10.5 Å². The van der Waals surface area contributed by atoms with Gasteiger partial charge in [-0.3, -0.25) is 10.1 Å². The molecule has 1 aromatic rings. The van der Waals surface area contributed by atoms with E-state index in [2.05, 4.69) is 15.9 Å². The Morgan fingerprint density at radius 2 is 1.82 bits per heavy atom. The summed E-state index contributed by atoms with van der Waals surface area (Å²) >= 11 is 2.47. The van der Waals surface area contributed by atoms with Gasteiger partial charge in [0.05, 0.1) is 10.5 Å². The summed E-state index contributed by atoms with van der Waals surface area (Å²) in [6.45, 7) is 0. The summed E-state index contributed by atoms with van der Waals surface area (Å²) in [6, 6.07) is 0.473. The summed E-state index contributed by atoms with van der Waals surface area (Å²) in [5.41, 5.74) is -3.69. The Morgan fingerprint density at radius 1 is 1.29 bits per heavy atom. The highest BCUT2D eigenvalue weighted by Gasteiger charge is 2.35. The Labute approximate surface area is 99.5 Å². The molecule has 0 fully saturated rings. The molecular formula is C8H3BrF5NO2. The summed E-state index contributed by atoms with van der Waals surface area (Å²) in [4.78, 5) is 9.17. The third-order valence-electron chi connectivity index (χ3n) is 1.85. The van der Waals surface area contributed by atoms with Crippen LogP contribution in [0.4, 0.5) is 27.6 Å². The molecule has 0 unspecified atom stereocenters. The van der Waals surface area contributed by atoms with Crippen LogP contribution in [-0.4, -0.2) is 4.92 Å². The maximum atomic E-state index is 12.5. The lowest BCUT2D eigenvalue weighted by Gasteiger charge is -2.10. The van der Waals surface area contributed by atoms with Crippen molar-refractivity contribution < 1.29 is 26.9 Å². The van der Waals surface area contributed by atoms with Crippen molar-refractivity contribution >= 4 is 21.6 Å². The van der Waals surface area contributed by atoms with Crippen molar-refractivity contribution in [3.8, 4) is 0 Å². The molecule has 94 valence electrons. The second-order valence-electron chi connectivity index (χ2n) is 2.95. The van der Waals surface area contributed by atoms with Gasteiger partial charge >= 0.3 is 6.18 Å². The topological polar surface area (TPSA) is 43.1 Å². The van der Waals surface area contributed by atoms with E-state index in [9.17, 15) is 32.1 Å². The van der Waals surface area contributed by atoms with Crippen molar-refractivity contribution in [3.63, 3.8) is 0 Å². The van der Waals surface area contributed by atoms with Crippen LogP contribution in [0.1, 0.15) is 17.6 Å². The van der Waals surface area contributed by atoms with E-state index < -0.39 is 38.8 Å². The quantitative estimate of drug-likeness (QED) is 0.463. The second-order valence-corrected chi connectivity index (χ2v) is 3.80. The predicted octanol–water partition coefficient (Wildman–Crippen LogP) is 4.31. The lowest BCUT2D eigenvalue weighted by Crippen LogP contribution is -2.08. The molecule has 0 heterocycles. The van der Waals surface area contributed by atoms with Crippen LogP contribution in [-0.2, 0) is 6.18 Å². The zero-order valence-electron chi connectivity index (χ0n) is 7.76. The third-order valence-corrected chi connectivity index (χ3v) is 2.51. The molecular weight excluding hydrogens is 317 g/mol. The molecule has 0 aromatic heterocycles. The molecule has 3 nitrogen and oxygen atoms in total. The van der Waals surface area contributed by atoms with Gasteiger partial charge in [0.1, 0.15) is 5.56 Å². The molecule has 17 heavy (non-hydrogen) atoms. The number of halogens is 6. The fraction of sp³-hybridized carbons (Fsp3) is 0.250. The van der Waals surface area contributed by atoms with Crippen LogP contribution in [0.25, 0.3) is 0 Å². The van der Waals surface area contributed by atoms with Gasteiger partial charge in [-0.15, -0.1) is 0 Å². The van der Waals surface area contributed by atoms with E-state index in [0.717, 1.165) is 0 Å².